The first-order valence-corrected chi connectivity index (χ1v) is 7.56. The van der Waals surface area contributed by atoms with Crippen molar-refractivity contribution in [1.29, 1.82) is 0 Å². The molecule has 0 saturated carbocycles. The highest BCUT2D eigenvalue weighted by molar-refractivity contribution is 5.75. The standard InChI is InChI=1S/C16H16N6O/c23-16-9-14(18-11-19-16)21-5-7-22(8-6-21)15-10-17-12-3-1-2-4-13(12)20-15/h1-4,9-11H,5-8H2,(H,18,19,23). The number of para-hydroxylation sites is 2. The van der Waals surface area contributed by atoms with Crippen LogP contribution in [-0.4, -0.2) is 46.1 Å². The summed E-state index contributed by atoms with van der Waals surface area (Å²) in [6.45, 7) is 3.24. The van der Waals surface area contributed by atoms with Gasteiger partial charge in [0.1, 0.15) is 11.6 Å². The van der Waals surface area contributed by atoms with E-state index in [1.54, 1.807) is 0 Å². The minimum atomic E-state index is -0.127. The van der Waals surface area contributed by atoms with Gasteiger partial charge in [-0.1, -0.05) is 12.1 Å². The van der Waals surface area contributed by atoms with Gasteiger partial charge < -0.3 is 14.8 Å². The van der Waals surface area contributed by atoms with Crippen LogP contribution >= 0.6 is 0 Å². The van der Waals surface area contributed by atoms with E-state index >= 15 is 0 Å². The quantitative estimate of drug-likeness (QED) is 0.762. The van der Waals surface area contributed by atoms with E-state index in [4.69, 9.17) is 0 Å². The number of hydrogen-bond donors (Lipinski definition) is 1. The molecule has 0 atom stereocenters. The number of piperazine rings is 1. The third-order valence-electron chi connectivity index (χ3n) is 4.03. The third kappa shape index (κ3) is 2.73. The van der Waals surface area contributed by atoms with E-state index < -0.39 is 0 Å². The van der Waals surface area contributed by atoms with Crippen LogP contribution in [-0.2, 0) is 0 Å². The monoisotopic (exact) mass is 308 g/mol. The van der Waals surface area contributed by atoms with Crippen molar-refractivity contribution in [1.82, 2.24) is 19.9 Å². The number of benzene rings is 1. The number of nitrogens with zero attached hydrogens (tertiary/aromatic N) is 5. The SMILES string of the molecule is O=c1cc(N2CCN(c3cnc4ccccc4n3)CC2)nc[nH]1. The fourth-order valence-corrected chi connectivity index (χ4v) is 2.80. The van der Waals surface area contributed by atoms with Crippen molar-refractivity contribution < 1.29 is 0 Å². The normalized spacial score (nSPS) is 15.1. The van der Waals surface area contributed by atoms with Crippen molar-refractivity contribution in [3.8, 4) is 0 Å². The smallest absolute Gasteiger partial charge is 0.252 e. The molecule has 1 aliphatic rings. The number of aromatic nitrogens is 4. The fourth-order valence-electron chi connectivity index (χ4n) is 2.80. The summed E-state index contributed by atoms with van der Waals surface area (Å²) in [5.41, 5.74) is 1.68. The first kappa shape index (κ1) is 13.7. The van der Waals surface area contributed by atoms with E-state index in [1.165, 1.54) is 12.4 Å². The third-order valence-corrected chi connectivity index (χ3v) is 4.03. The second-order valence-electron chi connectivity index (χ2n) is 5.46. The molecule has 4 rings (SSSR count). The largest absolute Gasteiger partial charge is 0.353 e. The molecule has 3 heterocycles. The number of anilines is 2. The number of nitrogens with one attached hydrogen (secondary N) is 1. The number of hydrogen-bond acceptors (Lipinski definition) is 6. The number of rotatable bonds is 2. The average molecular weight is 308 g/mol. The highest BCUT2D eigenvalue weighted by Crippen LogP contribution is 2.18. The molecule has 2 aromatic heterocycles. The van der Waals surface area contributed by atoms with Crippen molar-refractivity contribution >= 4 is 22.7 Å². The Balaban J connectivity index is 1.51. The first-order valence-electron chi connectivity index (χ1n) is 7.56. The van der Waals surface area contributed by atoms with Crippen LogP contribution in [0, 0.1) is 0 Å². The van der Waals surface area contributed by atoms with Crippen LogP contribution in [0.15, 0.2) is 47.7 Å². The average Bonchev–Trinajstić information content (AvgIpc) is 2.61. The van der Waals surface area contributed by atoms with Crippen molar-refractivity contribution in [3.05, 3.63) is 53.2 Å². The van der Waals surface area contributed by atoms with Gasteiger partial charge in [-0.25, -0.2) is 9.97 Å². The highest BCUT2D eigenvalue weighted by Gasteiger charge is 2.19. The van der Waals surface area contributed by atoms with Gasteiger partial charge in [-0.3, -0.25) is 9.78 Å². The second kappa shape index (κ2) is 5.68. The fraction of sp³-hybridized carbons (Fsp3) is 0.250. The molecule has 0 radical (unpaired) electrons. The topological polar surface area (TPSA) is 78.0 Å². The number of aromatic amines is 1. The lowest BCUT2D eigenvalue weighted by Crippen LogP contribution is -2.47. The van der Waals surface area contributed by atoms with Gasteiger partial charge in [-0.05, 0) is 12.1 Å². The second-order valence-corrected chi connectivity index (χ2v) is 5.46. The summed E-state index contributed by atoms with van der Waals surface area (Å²) < 4.78 is 0. The molecule has 0 amide bonds. The first-order chi connectivity index (χ1) is 11.3. The Labute approximate surface area is 132 Å². The summed E-state index contributed by atoms with van der Waals surface area (Å²) >= 11 is 0. The van der Waals surface area contributed by atoms with E-state index in [1.807, 2.05) is 30.5 Å². The molecule has 23 heavy (non-hydrogen) atoms. The van der Waals surface area contributed by atoms with Crippen LogP contribution in [0.2, 0.25) is 0 Å². The molecule has 116 valence electrons. The zero-order valence-corrected chi connectivity index (χ0v) is 12.5. The van der Waals surface area contributed by atoms with Crippen LogP contribution in [0.4, 0.5) is 11.6 Å². The van der Waals surface area contributed by atoms with Crippen LogP contribution in [0.1, 0.15) is 0 Å². The van der Waals surface area contributed by atoms with Crippen molar-refractivity contribution in [3.63, 3.8) is 0 Å². The van der Waals surface area contributed by atoms with Gasteiger partial charge in [-0.2, -0.15) is 0 Å². The molecule has 0 bridgehead atoms. The zero-order chi connectivity index (χ0) is 15.6. The summed E-state index contributed by atoms with van der Waals surface area (Å²) in [6, 6.07) is 9.40. The summed E-state index contributed by atoms with van der Waals surface area (Å²) in [5, 5.41) is 0. The molecule has 1 fully saturated rings. The van der Waals surface area contributed by atoms with E-state index in [9.17, 15) is 4.79 Å². The predicted molar refractivity (Wildman–Crippen MR) is 88.8 cm³/mol. The summed E-state index contributed by atoms with van der Waals surface area (Å²) in [5.74, 6) is 1.61. The van der Waals surface area contributed by atoms with Gasteiger partial charge >= 0.3 is 0 Å². The molecule has 0 spiro atoms. The molecule has 7 nitrogen and oxygen atoms in total. The minimum absolute atomic E-state index is 0.127. The molecular formula is C16H16N6O. The van der Waals surface area contributed by atoms with Crippen molar-refractivity contribution in [2.24, 2.45) is 0 Å². The lowest BCUT2D eigenvalue weighted by molar-refractivity contribution is 0.640. The van der Waals surface area contributed by atoms with E-state index in [0.717, 1.165) is 48.8 Å². The molecule has 7 heteroatoms. The Kier molecular flexibility index (Phi) is 3.38. The van der Waals surface area contributed by atoms with Crippen molar-refractivity contribution in [2.45, 2.75) is 0 Å². The lowest BCUT2D eigenvalue weighted by atomic mass is 10.3. The Morgan fingerprint density at radius 2 is 1.61 bits per heavy atom. The molecule has 3 aromatic rings. The van der Waals surface area contributed by atoms with Gasteiger partial charge in [0.05, 0.1) is 23.6 Å². The van der Waals surface area contributed by atoms with Gasteiger partial charge in [0, 0.05) is 32.2 Å². The van der Waals surface area contributed by atoms with Crippen LogP contribution < -0.4 is 15.4 Å². The molecule has 1 saturated heterocycles. The zero-order valence-electron chi connectivity index (χ0n) is 12.5. The predicted octanol–water partition coefficient (Wildman–Crippen LogP) is 1.04. The maximum atomic E-state index is 11.4. The Morgan fingerprint density at radius 1 is 0.913 bits per heavy atom. The van der Waals surface area contributed by atoms with Gasteiger partial charge in [0.2, 0.25) is 0 Å². The van der Waals surface area contributed by atoms with Gasteiger partial charge in [0.25, 0.3) is 5.56 Å². The lowest BCUT2D eigenvalue weighted by Gasteiger charge is -2.35. The summed E-state index contributed by atoms with van der Waals surface area (Å²) in [4.78, 5) is 31.6. The Hall–Kier alpha value is -2.96. The van der Waals surface area contributed by atoms with E-state index in [0.29, 0.717) is 0 Å². The van der Waals surface area contributed by atoms with Crippen LogP contribution in [0.25, 0.3) is 11.0 Å². The number of H-pyrrole nitrogens is 1. The maximum absolute atomic E-state index is 11.4. The molecule has 0 unspecified atom stereocenters. The number of fused-ring (bicyclic) bond motifs is 1. The van der Waals surface area contributed by atoms with Crippen LogP contribution in [0.3, 0.4) is 0 Å². The maximum Gasteiger partial charge on any atom is 0.252 e. The minimum Gasteiger partial charge on any atom is -0.353 e. The Morgan fingerprint density at radius 3 is 2.35 bits per heavy atom. The van der Waals surface area contributed by atoms with Gasteiger partial charge in [-0.15, -0.1) is 0 Å². The van der Waals surface area contributed by atoms with E-state index in [-0.39, 0.29) is 5.56 Å². The molecule has 1 N–H and O–H groups in total. The highest BCUT2D eigenvalue weighted by atomic mass is 16.1. The molecule has 1 aromatic carbocycles. The summed E-state index contributed by atoms with van der Waals surface area (Å²) in [7, 11) is 0. The van der Waals surface area contributed by atoms with E-state index in [2.05, 4.69) is 29.7 Å². The van der Waals surface area contributed by atoms with Crippen LogP contribution in [0.5, 0.6) is 0 Å². The summed E-state index contributed by atoms with van der Waals surface area (Å²) in [6.07, 6.45) is 3.27. The molecule has 0 aliphatic carbocycles. The Bertz CT molecular complexity index is 885. The van der Waals surface area contributed by atoms with Crippen molar-refractivity contribution in [2.75, 3.05) is 36.0 Å². The van der Waals surface area contributed by atoms with Gasteiger partial charge in [0.15, 0.2) is 0 Å². The molecule has 1 aliphatic heterocycles. The molecular weight excluding hydrogens is 292 g/mol.